The molecule has 0 aliphatic heterocycles. The summed E-state index contributed by atoms with van der Waals surface area (Å²) >= 11 is 4.18. The fourth-order valence-electron chi connectivity index (χ4n) is 1.57. The summed E-state index contributed by atoms with van der Waals surface area (Å²) in [6, 6.07) is 13.3. The normalized spacial score (nSPS) is 9.95. The molecule has 0 fully saturated rings. The van der Waals surface area contributed by atoms with Crippen molar-refractivity contribution in [2.75, 3.05) is 5.32 Å². The van der Waals surface area contributed by atoms with Crippen LogP contribution in [0.5, 0.6) is 0 Å². The van der Waals surface area contributed by atoms with Crippen molar-refractivity contribution >= 4 is 30.1 Å². The zero-order chi connectivity index (χ0) is 13.8. The lowest BCUT2D eigenvalue weighted by atomic mass is 10.2. The van der Waals surface area contributed by atoms with E-state index in [9.17, 15) is 9.59 Å². The van der Waals surface area contributed by atoms with Gasteiger partial charge in [0.1, 0.15) is 0 Å². The Bertz CT molecular complexity index is 624. The van der Waals surface area contributed by atoms with Crippen LogP contribution in [0, 0.1) is 0 Å². The second kappa shape index (κ2) is 5.58. The van der Waals surface area contributed by atoms with Gasteiger partial charge in [-0.3, -0.25) is 9.59 Å². The second-order valence-corrected chi connectivity index (χ2v) is 4.46. The van der Waals surface area contributed by atoms with E-state index in [1.165, 1.54) is 0 Å². The van der Waals surface area contributed by atoms with Crippen molar-refractivity contribution in [2.45, 2.75) is 4.90 Å². The van der Waals surface area contributed by atoms with Gasteiger partial charge in [0.2, 0.25) is 5.91 Å². The molecule has 0 spiro atoms. The van der Waals surface area contributed by atoms with Crippen LogP contribution in [0.2, 0.25) is 0 Å². The van der Waals surface area contributed by atoms with E-state index in [1.54, 1.807) is 48.5 Å². The Balaban J connectivity index is 2.13. The third-order valence-corrected chi connectivity index (χ3v) is 2.81. The van der Waals surface area contributed by atoms with Gasteiger partial charge in [0.15, 0.2) is 0 Å². The van der Waals surface area contributed by atoms with Crippen LogP contribution in [0.25, 0.3) is 0 Å². The summed E-state index contributed by atoms with van der Waals surface area (Å²) in [4.78, 5) is 23.6. The molecule has 3 N–H and O–H groups in total. The smallest absolute Gasteiger partial charge is 0.255 e. The molecule has 0 bridgehead atoms. The number of thiol groups is 1. The number of nitrogens with two attached hydrogens (primary N) is 1. The van der Waals surface area contributed by atoms with Crippen molar-refractivity contribution < 1.29 is 9.59 Å². The van der Waals surface area contributed by atoms with E-state index in [0.717, 1.165) is 4.90 Å². The van der Waals surface area contributed by atoms with E-state index in [-0.39, 0.29) is 5.91 Å². The van der Waals surface area contributed by atoms with Crippen molar-refractivity contribution in [3.8, 4) is 0 Å². The van der Waals surface area contributed by atoms with E-state index < -0.39 is 5.91 Å². The number of hydrogen-bond donors (Lipinski definition) is 3. The number of rotatable bonds is 3. The van der Waals surface area contributed by atoms with Gasteiger partial charge in [-0.1, -0.05) is 6.07 Å². The zero-order valence-corrected chi connectivity index (χ0v) is 10.9. The molecule has 96 valence electrons. The Morgan fingerprint density at radius 3 is 2.26 bits per heavy atom. The zero-order valence-electron chi connectivity index (χ0n) is 9.96. The molecule has 0 radical (unpaired) electrons. The second-order valence-electron chi connectivity index (χ2n) is 3.95. The highest BCUT2D eigenvalue weighted by molar-refractivity contribution is 7.80. The van der Waals surface area contributed by atoms with E-state index in [1.807, 2.05) is 0 Å². The number of carbonyl (C=O) groups is 2. The molecule has 0 aliphatic carbocycles. The number of carbonyl (C=O) groups excluding carboxylic acids is 2. The first kappa shape index (κ1) is 13.2. The SMILES string of the molecule is NC(=O)c1ccc(NC(=O)c2cccc(S)c2)cc1. The van der Waals surface area contributed by atoms with Crippen molar-refractivity contribution in [1.82, 2.24) is 0 Å². The first-order chi connectivity index (χ1) is 9.06. The number of hydrogen-bond acceptors (Lipinski definition) is 3. The van der Waals surface area contributed by atoms with Crippen LogP contribution in [-0.2, 0) is 0 Å². The quantitative estimate of drug-likeness (QED) is 0.750. The predicted molar refractivity (Wildman–Crippen MR) is 76.6 cm³/mol. The molecule has 2 aromatic rings. The summed E-state index contributed by atoms with van der Waals surface area (Å²) in [5.74, 6) is -0.733. The summed E-state index contributed by atoms with van der Waals surface area (Å²) in [5, 5.41) is 2.73. The number of nitrogens with one attached hydrogen (secondary N) is 1. The predicted octanol–water partition coefficient (Wildman–Crippen LogP) is 2.33. The first-order valence-corrected chi connectivity index (χ1v) is 6.01. The van der Waals surface area contributed by atoms with Crippen LogP contribution < -0.4 is 11.1 Å². The van der Waals surface area contributed by atoms with Gasteiger partial charge in [-0.25, -0.2) is 0 Å². The molecule has 2 amide bonds. The van der Waals surface area contributed by atoms with Gasteiger partial charge in [-0.15, -0.1) is 12.6 Å². The molecule has 0 heterocycles. The summed E-state index contributed by atoms with van der Waals surface area (Å²) in [5.41, 5.74) is 6.65. The van der Waals surface area contributed by atoms with Gasteiger partial charge in [0, 0.05) is 21.7 Å². The Morgan fingerprint density at radius 1 is 1.00 bits per heavy atom. The molecule has 5 heteroatoms. The lowest BCUT2D eigenvalue weighted by Crippen LogP contribution is -2.13. The molecule has 2 rings (SSSR count). The van der Waals surface area contributed by atoms with Crippen LogP contribution in [-0.4, -0.2) is 11.8 Å². The monoisotopic (exact) mass is 272 g/mol. The average molecular weight is 272 g/mol. The summed E-state index contributed by atoms with van der Waals surface area (Å²) in [6.07, 6.45) is 0. The minimum Gasteiger partial charge on any atom is -0.366 e. The van der Waals surface area contributed by atoms with Gasteiger partial charge < -0.3 is 11.1 Å². The summed E-state index contributed by atoms with van der Waals surface area (Å²) < 4.78 is 0. The van der Waals surface area contributed by atoms with Gasteiger partial charge >= 0.3 is 0 Å². The van der Waals surface area contributed by atoms with Crippen LogP contribution in [0.3, 0.4) is 0 Å². The van der Waals surface area contributed by atoms with Crippen molar-refractivity contribution in [1.29, 1.82) is 0 Å². The lowest BCUT2D eigenvalue weighted by Gasteiger charge is -2.06. The summed E-state index contributed by atoms with van der Waals surface area (Å²) in [7, 11) is 0. The minimum absolute atomic E-state index is 0.234. The molecular formula is C14H12N2O2S. The molecule has 0 unspecified atom stereocenters. The fraction of sp³-hybridized carbons (Fsp3) is 0. The third-order valence-electron chi connectivity index (χ3n) is 2.54. The Labute approximate surface area is 116 Å². The van der Waals surface area contributed by atoms with Crippen molar-refractivity contribution in [2.24, 2.45) is 5.73 Å². The van der Waals surface area contributed by atoms with E-state index >= 15 is 0 Å². The highest BCUT2D eigenvalue weighted by atomic mass is 32.1. The van der Waals surface area contributed by atoms with Gasteiger partial charge in [-0.2, -0.15) is 0 Å². The highest BCUT2D eigenvalue weighted by Gasteiger charge is 2.06. The molecule has 0 saturated carbocycles. The van der Waals surface area contributed by atoms with Gasteiger partial charge in [-0.05, 0) is 42.5 Å². The average Bonchev–Trinajstić information content (AvgIpc) is 2.39. The standard InChI is InChI=1S/C14H12N2O2S/c15-13(17)9-4-6-11(7-5-9)16-14(18)10-2-1-3-12(19)8-10/h1-8,19H,(H2,15,17)(H,16,18). The maximum Gasteiger partial charge on any atom is 0.255 e. The number of amides is 2. The maximum atomic E-state index is 11.9. The van der Waals surface area contributed by atoms with E-state index in [2.05, 4.69) is 17.9 Å². The Morgan fingerprint density at radius 2 is 1.68 bits per heavy atom. The molecule has 0 aliphatic rings. The van der Waals surface area contributed by atoms with Crippen molar-refractivity contribution in [3.63, 3.8) is 0 Å². The van der Waals surface area contributed by atoms with E-state index in [4.69, 9.17) is 5.73 Å². The molecule has 0 atom stereocenters. The topological polar surface area (TPSA) is 72.2 Å². The minimum atomic E-state index is -0.499. The van der Waals surface area contributed by atoms with Crippen LogP contribution in [0.4, 0.5) is 5.69 Å². The maximum absolute atomic E-state index is 11.9. The van der Waals surface area contributed by atoms with Crippen LogP contribution >= 0.6 is 12.6 Å². The first-order valence-electron chi connectivity index (χ1n) is 5.56. The molecular weight excluding hydrogens is 260 g/mol. The van der Waals surface area contributed by atoms with Crippen LogP contribution in [0.1, 0.15) is 20.7 Å². The Kier molecular flexibility index (Phi) is 3.87. The lowest BCUT2D eigenvalue weighted by molar-refractivity contribution is 0.0998. The molecule has 0 saturated heterocycles. The highest BCUT2D eigenvalue weighted by Crippen LogP contribution is 2.13. The fourth-order valence-corrected chi connectivity index (χ4v) is 1.79. The van der Waals surface area contributed by atoms with Crippen molar-refractivity contribution in [3.05, 3.63) is 59.7 Å². The van der Waals surface area contributed by atoms with Crippen LogP contribution in [0.15, 0.2) is 53.4 Å². The number of anilines is 1. The third kappa shape index (κ3) is 3.35. The molecule has 19 heavy (non-hydrogen) atoms. The molecule has 0 aromatic heterocycles. The number of primary amides is 1. The van der Waals surface area contributed by atoms with Gasteiger partial charge in [0.05, 0.1) is 0 Å². The largest absolute Gasteiger partial charge is 0.366 e. The molecule has 2 aromatic carbocycles. The van der Waals surface area contributed by atoms with Gasteiger partial charge in [0.25, 0.3) is 5.91 Å². The van der Waals surface area contributed by atoms with E-state index in [0.29, 0.717) is 16.8 Å². The Hall–Kier alpha value is -2.27. The number of benzene rings is 2. The molecule has 4 nitrogen and oxygen atoms in total. The summed E-state index contributed by atoms with van der Waals surface area (Å²) in [6.45, 7) is 0.